The van der Waals surface area contributed by atoms with Crippen LogP contribution in [0.2, 0.25) is 0 Å². The van der Waals surface area contributed by atoms with Crippen LogP contribution in [-0.2, 0) is 19.7 Å². The van der Waals surface area contributed by atoms with E-state index in [1.54, 1.807) is 24.3 Å². The second-order valence-electron chi connectivity index (χ2n) is 6.92. The first kappa shape index (κ1) is 22.8. The van der Waals surface area contributed by atoms with Gasteiger partial charge in [0.1, 0.15) is 5.82 Å². The number of hydrogen-bond acceptors (Lipinski definition) is 6. The maximum Gasteiger partial charge on any atom is 0.233 e. The minimum Gasteiger partial charge on any atom is -0.224 e. The van der Waals surface area contributed by atoms with Crippen LogP contribution in [0.5, 0.6) is 0 Å². The Labute approximate surface area is 197 Å². The molecule has 3 aromatic carbocycles. The summed E-state index contributed by atoms with van der Waals surface area (Å²) in [6, 6.07) is 18.0. The van der Waals surface area contributed by atoms with Crippen molar-refractivity contribution < 1.29 is 21.2 Å². The topological polar surface area (TPSA) is 81.2 Å². The lowest BCUT2D eigenvalue weighted by molar-refractivity contribution is 0.595. The number of nitrogens with zero attached hydrogens (tertiary/aromatic N) is 1. The van der Waals surface area contributed by atoms with E-state index in [9.17, 15) is 21.2 Å². The van der Waals surface area contributed by atoms with Crippen molar-refractivity contribution in [3.8, 4) is 21.7 Å². The minimum atomic E-state index is -3.91. The standard InChI is InChI=1S/C22H15BrFNO4S3/c1-31(26,27)18-11-7-15(8-12-18)21-20(14-5-9-17(24)10-6-14)25-22(30-21)32(28,29)19-4-2-3-16(23)13-19/h2-13H,1H3. The molecule has 0 radical (unpaired) electrons. The molecule has 0 amide bonds. The third-order valence-corrected chi connectivity index (χ3v) is 9.46. The molecule has 32 heavy (non-hydrogen) atoms. The Morgan fingerprint density at radius 1 is 0.844 bits per heavy atom. The van der Waals surface area contributed by atoms with Gasteiger partial charge in [-0.25, -0.2) is 26.2 Å². The van der Waals surface area contributed by atoms with Crippen molar-refractivity contribution in [1.29, 1.82) is 0 Å². The van der Waals surface area contributed by atoms with Crippen molar-refractivity contribution in [3.05, 3.63) is 83.1 Å². The van der Waals surface area contributed by atoms with Crippen LogP contribution in [0.25, 0.3) is 21.7 Å². The predicted octanol–water partition coefficient (Wildman–Crippen LogP) is 5.62. The number of hydrogen-bond donors (Lipinski definition) is 0. The Bertz CT molecular complexity index is 1510. The van der Waals surface area contributed by atoms with Gasteiger partial charge in [0, 0.05) is 16.3 Å². The minimum absolute atomic E-state index is 0.0882. The second kappa shape index (κ2) is 8.51. The number of sulfone groups is 2. The van der Waals surface area contributed by atoms with Crippen LogP contribution in [-0.4, -0.2) is 28.1 Å². The number of aromatic nitrogens is 1. The van der Waals surface area contributed by atoms with E-state index in [0.29, 0.717) is 26.2 Å². The lowest BCUT2D eigenvalue weighted by atomic mass is 10.1. The third-order valence-electron chi connectivity index (χ3n) is 4.61. The van der Waals surface area contributed by atoms with Gasteiger partial charge in [-0.1, -0.05) is 34.1 Å². The summed E-state index contributed by atoms with van der Waals surface area (Å²) in [5.74, 6) is -0.426. The van der Waals surface area contributed by atoms with Gasteiger partial charge in [0.25, 0.3) is 0 Å². The average Bonchev–Trinajstić information content (AvgIpc) is 3.20. The molecule has 0 aliphatic rings. The van der Waals surface area contributed by atoms with Crippen molar-refractivity contribution in [3.63, 3.8) is 0 Å². The molecule has 1 heterocycles. The highest BCUT2D eigenvalue weighted by Gasteiger charge is 2.26. The molecule has 164 valence electrons. The zero-order valence-electron chi connectivity index (χ0n) is 16.5. The van der Waals surface area contributed by atoms with E-state index in [4.69, 9.17) is 0 Å². The molecule has 0 atom stereocenters. The molecular weight excluding hydrogens is 537 g/mol. The van der Waals surface area contributed by atoms with Crippen LogP contribution in [0, 0.1) is 5.82 Å². The number of halogens is 2. The summed E-state index contributed by atoms with van der Waals surface area (Å²) in [4.78, 5) is 5.18. The fourth-order valence-corrected chi connectivity index (χ4v) is 6.94. The largest absolute Gasteiger partial charge is 0.233 e. The van der Waals surface area contributed by atoms with Crippen molar-refractivity contribution >= 4 is 46.9 Å². The quantitative estimate of drug-likeness (QED) is 0.321. The molecule has 0 saturated heterocycles. The number of rotatable bonds is 5. The lowest BCUT2D eigenvalue weighted by Crippen LogP contribution is -2.01. The predicted molar refractivity (Wildman–Crippen MR) is 126 cm³/mol. The smallest absolute Gasteiger partial charge is 0.224 e. The molecule has 0 unspecified atom stereocenters. The average molecular weight is 552 g/mol. The lowest BCUT2D eigenvalue weighted by Gasteiger charge is -2.04. The van der Waals surface area contributed by atoms with Gasteiger partial charge in [-0.05, 0) is 60.2 Å². The molecule has 4 rings (SSSR count). The summed E-state index contributed by atoms with van der Waals surface area (Å²) < 4.78 is 64.0. The van der Waals surface area contributed by atoms with E-state index >= 15 is 0 Å². The van der Waals surface area contributed by atoms with Gasteiger partial charge in [0.2, 0.25) is 14.2 Å². The Morgan fingerprint density at radius 3 is 2.06 bits per heavy atom. The van der Waals surface area contributed by atoms with Crippen molar-refractivity contribution in [1.82, 2.24) is 4.98 Å². The zero-order valence-corrected chi connectivity index (χ0v) is 20.5. The van der Waals surface area contributed by atoms with Gasteiger partial charge in [-0.3, -0.25) is 0 Å². The Hall–Kier alpha value is -2.40. The Kier molecular flexibility index (Phi) is 6.06. The van der Waals surface area contributed by atoms with E-state index in [2.05, 4.69) is 20.9 Å². The molecule has 0 aliphatic carbocycles. The van der Waals surface area contributed by atoms with Crippen LogP contribution in [0.4, 0.5) is 4.39 Å². The molecule has 0 aliphatic heterocycles. The monoisotopic (exact) mass is 551 g/mol. The first-order valence-electron chi connectivity index (χ1n) is 9.13. The maximum atomic E-state index is 13.5. The van der Waals surface area contributed by atoms with Crippen LogP contribution in [0.3, 0.4) is 0 Å². The molecule has 0 spiro atoms. The summed E-state index contributed by atoms with van der Waals surface area (Å²) in [7, 11) is -7.29. The van der Waals surface area contributed by atoms with Gasteiger partial charge in [-0.2, -0.15) is 0 Å². The van der Waals surface area contributed by atoms with Crippen LogP contribution in [0.15, 0.2) is 91.4 Å². The van der Waals surface area contributed by atoms with Crippen molar-refractivity contribution in [2.24, 2.45) is 0 Å². The summed E-state index contributed by atoms with van der Waals surface area (Å²) in [5, 5.41) is 0. The molecule has 0 N–H and O–H groups in total. The van der Waals surface area contributed by atoms with E-state index in [1.807, 2.05) is 0 Å². The fraction of sp³-hybridized carbons (Fsp3) is 0.0455. The van der Waals surface area contributed by atoms with Gasteiger partial charge in [0.15, 0.2) is 9.84 Å². The van der Waals surface area contributed by atoms with Gasteiger partial charge in [-0.15, -0.1) is 11.3 Å². The third kappa shape index (κ3) is 4.54. The molecular formula is C22H15BrFNO4S3. The summed E-state index contributed by atoms with van der Waals surface area (Å²) in [6.45, 7) is 0. The molecule has 4 aromatic rings. The maximum absolute atomic E-state index is 13.5. The molecule has 1 aromatic heterocycles. The Balaban J connectivity index is 1.91. The highest BCUT2D eigenvalue weighted by molar-refractivity contribution is 9.10. The molecule has 0 bridgehead atoms. The first-order valence-corrected chi connectivity index (χ1v) is 14.1. The molecule has 0 saturated carbocycles. The van der Waals surface area contributed by atoms with E-state index in [0.717, 1.165) is 17.6 Å². The molecule has 0 fully saturated rings. The van der Waals surface area contributed by atoms with Crippen molar-refractivity contribution in [2.75, 3.05) is 6.26 Å². The summed E-state index contributed by atoms with van der Waals surface area (Å²) in [5.41, 5.74) is 1.51. The van der Waals surface area contributed by atoms with E-state index < -0.39 is 25.5 Å². The van der Waals surface area contributed by atoms with Gasteiger partial charge < -0.3 is 0 Å². The zero-order chi connectivity index (χ0) is 23.1. The Morgan fingerprint density at radius 2 is 1.47 bits per heavy atom. The highest BCUT2D eigenvalue weighted by Crippen LogP contribution is 2.40. The second-order valence-corrected chi connectivity index (χ2v) is 13.0. The van der Waals surface area contributed by atoms with Gasteiger partial charge in [0.05, 0.1) is 20.4 Å². The van der Waals surface area contributed by atoms with E-state index in [-0.39, 0.29) is 14.1 Å². The van der Waals surface area contributed by atoms with E-state index in [1.165, 1.54) is 48.5 Å². The molecule has 10 heteroatoms. The number of benzene rings is 3. The van der Waals surface area contributed by atoms with Crippen LogP contribution < -0.4 is 0 Å². The van der Waals surface area contributed by atoms with Crippen molar-refractivity contribution in [2.45, 2.75) is 14.1 Å². The number of thiazole rings is 1. The van der Waals surface area contributed by atoms with Gasteiger partial charge >= 0.3 is 0 Å². The summed E-state index contributed by atoms with van der Waals surface area (Å²) >= 11 is 4.26. The first-order chi connectivity index (χ1) is 15.1. The normalized spacial score (nSPS) is 12.1. The van der Waals surface area contributed by atoms with Crippen LogP contribution in [0.1, 0.15) is 0 Å². The highest BCUT2D eigenvalue weighted by atomic mass is 79.9. The SMILES string of the molecule is CS(=O)(=O)c1ccc(-c2sc(S(=O)(=O)c3cccc(Br)c3)nc2-c2ccc(F)cc2)cc1. The molecule has 5 nitrogen and oxygen atoms in total. The fourth-order valence-electron chi connectivity index (χ4n) is 3.00. The van der Waals surface area contributed by atoms with Crippen LogP contribution >= 0.6 is 27.3 Å². The summed E-state index contributed by atoms with van der Waals surface area (Å²) in [6.07, 6.45) is 1.11.